The Morgan fingerprint density at radius 3 is 2.55 bits per heavy atom. The first-order valence-corrected chi connectivity index (χ1v) is 7.63. The topological polar surface area (TPSA) is 79.5 Å². The molecule has 112 valence electrons. The largest absolute Gasteiger partial charge is 0.478 e. The van der Waals surface area contributed by atoms with Gasteiger partial charge in [-0.15, -0.1) is 11.8 Å². The number of carboxylic acid groups (broad SMARTS) is 1. The van der Waals surface area contributed by atoms with Gasteiger partial charge in [0.15, 0.2) is 0 Å². The molecular formula is C14H21NO4S. The third-order valence-corrected chi connectivity index (χ3v) is 4.30. The van der Waals surface area contributed by atoms with Gasteiger partial charge < -0.3 is 14.8 Å². The van der Waals surface area contributed by atoms with E-state index >= 15 is 0 Å². The van der Waals surface area contributed by atoms with Crippen LogP contribution in [0.1, 0.15) is 42.6 Å². The van der Waals surface area contributed by atoms with E-state index in [1.165, 1.54) is 6.07 Å². The second kappa shape index (κ2) is 7.38. The number of furan rings is 1. The Labute approximate surface area is 123 Å². The van der Waals surface area contributed by atoms with Gasteiger partial charge >= 0.3 is 5.97 Å². The molecule has 0 saturated carbocycles. The van der Waals surface area contributed by atoms with Crippen LogP contribution in [0.3, 0.4) is 0 Å². The molecule has 1 amide bonds. The average molecular weight is 299 g/mol. The van der Waals surface area contributed by atoms with Gasteiger partial charge in [0.1, 0.15) is 17.1 Å². The maximum Gasteiger partial charge on any atom is 0.339 e. The molecule has 0 fully saturated rings. The Kier molecular flexibility index (Phi) is 6.13. The number of hydrogen-bond acceptors (Lipinski definition) is 4. The third-order valence-electron chi connectivity index (χ3n) is 2.85. The van der Waals surface area contributed by atoms with E-state index in [0.717, 1.165) is 5.75 Å². The quantitative estimate of drug-likeness (QED) is 0.809. The summed E-state index contributed by atoms with van der Waals surface area (Å²) >= 11 is 1.60. The van der Waals surface area contributed by atoms with E-state index in [0.29, 0.717) is 11.5 Å². The molecule has 0 spiro atoms. The highest BCUT2D eigenvalue weighted by atomic mass is 32.2. The Hall–Kier alpha value is -1.43. The highest BCUT2D eigenvalue weighted by molar-refractivity contribution is 8.00. The molecule has 1 heterocycles. The van der Waals surface area contributed by atoms with Crippen LogP contribution in [-0.2, 0) is 11.3 Å². The van der Waals surface area contributed by atoms with Crippen LogP contribution in [0.5, 0.6) is 0 Å². The first kappa shape index (κ1) is 16.6. The van der Waals surface area contributed by atoms with Crippen molar-refractivity contribution >= 4 is 23.6 Å². The number of thioether (sulfide) groups is 1. The predicted molar refractivity (Wildman–Crippen MR) is 79.0 cm³/mol. The standard InChI is InChI=1S/C14H21NO4S/c1-5-20-12(8(2)3)13(16)15-7-10-6-11(14(17)18)9(4)19-10/h6,8,12H,5,7H2,1-4H3,(H,15,16)(H,17,18)/t12-/m0/s1. The summed E-state index contributed by atoms with van der Waals surface area (Å²) < 4.78 is 5.32. The van der Waals surface area contributed by atoms with E-state index in [9.17, 15) is 9.59 Å². The third kappa shape index (κ3) is 4.30. The summed E-state index contributed by atoms with van der Waals surface area (Å²) in [6.45, 7) is 7.83. The fourth-order valence-electron chi connectivity index (χ4n) is 1.87. The number of amides is 1. The first-order valence-electron chi connectivity index (χ1n) is 6.58. The number of carbonyl (C=O) groups is 2. The highest BCUT2D eigenvalue weighted by Crippen LogP contribution is 2.20. The smallest absolute Gasteiger partial charge is 0.339 e. The highest BCUT2D eigenvalue weighted by Gasteiger charge is 2.22. The molecule has 1 atom stereocenters. The number of aromatic carboxylic acids is 1. The minimum absolute atomic E-state index is 0.0437. The zero-order valence-electron chi connectivity index (χ0n) is 12.2. The van der Waals surface area contributed by atoms with Crippen LogP contribution in [0.15, 0.2) is 10.5 Å². The minimum Gasteiger partial charge on any atom is -0.478 e. The number of rotatable bonds is 7. The number of carboxylic acids is 1. The number of nitrogens with one attached hydrogen (secondary N) is 1. The summed E-state index contributed by atoms with van der Waals surface area (Å²) in [7, 11) is 0. The lowest BCUT2D eigenvalue weighted by Crippen LogP contribution is -2.35. The molecule has 0 bridgehead atoms. The maximum atomic E-state index is 12.1. The summed E-state index contributed by atoms with van der Waals surface area (Å²) in [6.07, 6.45) is 0. The molecule has 0 aliphatic carbocycles. The van der Waals surface area contributed by atoms with Crippen LogP contribution in [0.4, 0.5) is 0 Å². The molecule has 1 aromatic rings. The predicted octanol–water partition coefficient (Wildman–Crippen LogP) is 2.68. The van der Waals surface area contributed by atoms with Crippen molar-refractivity contribution in [2.24, 2.45) is 5.92 Å². The fourth-order valence-corrected chi connectivity index (χ4v) is 2.85. The molecule has 0 unspecified atom stereocenters. The van der Waals surface area contributed by atoms with Crippen LogP contribution >= 0.6 is 11.8 Å². The molecule has 6 heteroatoms. The van der Waals surface area contributed by atoms with Crippen molar-refractivity contribution in [3.8, 4) is 0 Å². The van der Waals surface area contributed by atoms with Crippen LogP contribution < -0.4 is 5.32 Å². The summed E-state index contributed by atoms with van der Waals surface area (Å²) in [5.41, 5.74) is 0.137. The Morgan fingerprint density at radius 1 is 1.45 bits per heavy atom. The summed E-state index contributed by atoms with van der Waals surface area (Å²) in [6, 6.07) is 1.45. The van der Waals surface area contributed by atoms with Crippen LogP contribution in [0.25, 0.3) is 0 Å². The van der Waals surface area contributed by atoms with E-state index < -0.39 is 5.97 Å². The zero-order valence-corrected chi connectivity index (χ0v) is 13.0. The zero-order chi connectivity index (χ0) is 15.3. The van der Waals surface area contributed by atoms with Crippen molar-refractivity contribution in [1.82, 2.24) is 5.32 Å². The molecular weight excluding hydrogens is 278 g/mol. The monoisotopic (exact) mass is 299 g/mol. The van der Waals surface area contributed by atoms with E-state index in [1.807, 2.05) is 20.8 Å². The molecule has 0 saturated heterocycles. The minimum atomic E-state index is -1.02. The van der Waals surface area contributed by atoms with Gasteiger partial charge in [-0.2, -0.15) is 0 Å². The molecule has 1 aromatic heterocycles. The molecule has 1 rings (SSSR count). The molecule has 0 aliphatic heterocycles. The number of hydrogen-bond donors (Lipinski definition) is 2. The van der Waals surface area contributed by atoms with E-state index in [-0.39, 0.29) is 29.2 Å². The summed E-state index contributed by atoms with van der Waals surface area (Å²) in [4.78, 5) is 23.0. The van der Waals surface area contributed by atoms with Crippen LogP contribution in [0, 0.1) is 12.8 Å². The average Bonchev–Trinajstić information content (AvgIpc) is 2.74. The lowest BCUT2D eigenvalue weighted by atomic mass is 10.1. The van der Waals surface area contributed by atoms with Crippen molar-refractivity contribution in [3.05, 3.63) is 23.2 Å². The van der Waals surface area contributed by atoms with E-state index in [4.69, 9.17) is 9.52 Å². The number of carbonyl (C=O) groups excluding carboxylic acids is 1. The normalized spacial score (nSPS) is 12.4. The van der Waals surface area contributed by atoms with Gasteiger partial charge in [-0.25, -0.2) is 4.79 Å². The summed E-state index contributed by atoms with van der Waals surface area (Å²) in [5.74, 6) is 0.859. The van der Waals surface area contributed by atoms with Gasteiger partial charge in [-0.3, -0.25) is 4.79 Å². The van der Waals surface area contributed by atoms with Crippen molar-refractivity contribution in [1.29, 1.82) is 0 Å². The second-order valence-corrected chi connectivity index (χ2v) is 6.24. The van der Waals surface area contributed by atoms with Gasteiger partial charge in [-0.05, 0) is 24.7 Å². The number of aryl methyl sites for hydroxylation is 1. The van der Waals surface area contributed by atoms with Crippen molar-refractivity contribution in [2.45, 2.75) is 39.5 Å². The first-order chi connectivity index (χ1) is 9.36. The molecule has 0 aliphatic rings. The van der Waals surface area contributed by atoms with Crippen LogP contribution in [-0.4, -0.2) is 28.0 Å². The van der Waals surface area contributed by atoms with Gasteiger partial charge in [0.2, 0.25) is 5.91 Å². The Balaban J connectivity index is 2.64. The fraction of sp³-hybridized carbons (Fsp3) is 0.571. The lowest BCUT2D eigenvalue weighted by Gasteiger charge is -2.18. The van der Waals surface area contributed by atoms with E-state index in [2.05, 4.69) is 5.32 Å². The van der Waals surface area contributed by atoms with Gasteiger partial charge in [-0.1, -0.05) is 20.8 Å². The lowest BCUT2D eigenvalue weighted by molar-refractivity contribution is -0.121. The molecule has 0 radical (unpaired) electrons. The van der Waals surface area contributed by atoms with Crippen molar-refractivity contribution in [2.75, 3.05) is 5.75 Å². The van der Waals surface area contributed by atoms with Gasteiger partial charge in [0.05, 0.1) is 11.8 Å². The SMILES string of the molecule is CCS[C@H](C(=O)NCc1cc(C(=O)O)c(C)o1)C(C)C. The second-order valence-electron chi connectivity index (χ2n) is 4.83. The van der Waals surface area contributed by atoms with Crippen molar-refractivity contribution < 1.29 is 19.1 Å². The van der Waals surface area contributed by atoms with Gasteiger partial charge in [0.25, 0.3) is 0 Å². The van der Waals surface area contributed by atoms with Gasteiger partial charge in [0, 0.05) is 0 Å². The summed E-state index contributed by atoms with van der Waals surface area (Å²) in [5, 5.41) is 11.6. The molecule has 0 aromatic carbocycles. The maximum absolute atomic E-state index is 12.1. The van der Waals surface area contributed by atoms with E-state index in [1.54, 1.807) is 18.7 Å². The molecule has 2 N–H and O–H groups in total. The molecule has 5 nitrogen and oxygen atoms in total. The van der Waals surface area contributed by atoms with Crippen molar-refractivity contribution in [3.63, 3.8) is 0 Å². The van der Waals surface area contributed by atoms with Crippen LogP contribution in [0.2, 0.25) is 0 Å². The Morgan fingerprint density at radius 2 is 2.10 bits per heavy atom. The molecule has 20 heavy (non-hydrogen) atoms. The Bertz CT molecular complexity index is 482.